The highest BCUT2D eigenvalue weighted by atomic mass is 16.5. The van der Waals surface area contributed by atoms with Gasteiger partial charge in [0.15, 0.2) is 0 Å². The van der Waals surface area contributed by atoms with E-state index in [0.717, 1.165) is 48.7 Å². The standard InChI is InChI=1S/C19H29NO3/c1-5-22-18-7-6-16(12-17(18)13-23-14(2)3)19(21)20-10-8-15(4)9-11-20/h6-7,12,14-15H,5,8-11,13H2,1-4H3. The normalized spacial score (nSPS) is 16.0. The number of carbonyl (C=O) groups is 1. The molecule has 1 aromatic carbocycles. The van der Waals surface area contributed by atoms with Gasteiger partial charge in [-0.2, -0.15) is 0 Å². The summed E-state index contributed by atoms with van der Waals surface area (Å²) in [6.45, 7) is 11.0. The molecule has 1 aromatic rings. The number of benzene rings is 1. The van der Waals surface area contributed by atoms with Crippen LogP contribution >= 0.6 is 0 Å². The van der Waals surface area contributed by atoms with E-state index < -0.39 is 0 Å². The maximum Gasteiger partial charge on any atom is 0.253 e. The quantitative estimate of drug-likeness (QED) is 0.798. The van der Waals surface area contributed by atoms with Crippen LogP contribution in [-0.4, -0.2) is 36.6 Å². The molecule has 1 saturated heterocycles. The van der Waals surface area contributed by atoms with Gasteiger partial charge in [-0.05, 0) is 57.7 Å². The Kier molecular flexibility index (Phi) is 6.46. The zero-order valence-electron chi connectivity index (χ0n) is 14.8. The fourth-order valence-corrected chi connectivity index (χ4v) is 2.77. The Hall–Kier alpha value is -1.55. The molecule has 0 saturated carbocycles. The van der Waals surface area contributed by atoms with Crippen LogP contribution in [0.4, 0.5) is 0 Å². The van der Waals surface area contributed by atoms with Gasteiger partial charge in [0.05, 0.1) is 19.3 Å². The predicted octanol–water partition coefficient (Wildman–Crippen LogP) is 3.88. The summed E-state index contributed by atoms with van der Waals surface area (Å²) in [6.07, 6.45) is 2.32. The first kappa shape index (κ1) is 17.8. The van der Waals surface area contributed by atoms with Gasteiger partial charge < -0.3 is 14.4 Å². The summed E-state index contributed by atoms with van der Waals surface area (Å²) in [5.41, 5.74) is 1.67. The minimum atomic E-state index is 0.116. The third-order valence-corrected chi connectivity index (χ3v) is 4.25. The summed E-state index contributed by atoms with van der Waals surface area (Å²) in [5, 5.41) is 0. The molecule has 1 fully saturated rings. The summed E-state index contributed by atoms with van der Waals surface area (Å²) in [7, 11) is 0. The Morgan fingerprint density at radius 3 is 2.61 bits per heavy atom. The number of carbonyl (C=O) groups excluding carboxylic acids is 1. The van der Waals surface area contributed by atoms with Gasteiger partial charge in [-0.3, -0.25) is 4.79 Å². The van der Waals surface area contributed by atoms with Crippen LogP contribution in [0, 0.1) is 5.92 Å². The van der Waals surface area contributed by atoms with Crippen molar-refractivity contribution in [2.24, 2.45) is 5.92 Å². The van der Waals surface area contributed by atoms with Crippen LogP contribution in [0.5, 0.6) is 5.75 Å². The zero-order valence-corrected chi connectivity index (χ0v) is 14.8. The van der Waals surface area contributed by atoms with E-state index >= 15 is 0 Å². The molecule has 1 aliphatic heterocycles. The van der Waals surface area contributed by atoms with E-state index in [4.69, 9.17) is 9.47 Å². The number of rotatable bonds is 6. The molecule has 4 nitrogen and oxygen atoms in total. The van der Waals surface area contributed by atoms with Gasteiger partial charge in [-0.25, -0.2) is 0 Å². The van der Waals surface area contributed by atoms with Crippen LogP contribution in [0.2, 0.25) is 0 Å². The van der Waals surface area contributed by atoms with Crippen LogP contribution in [0.3, 0.4) is 0 Å². The molecule has 23 heavy (non-hydrogen) atoms. The average Bonchev–Trinajstić information content (AvgIpc) is 2.54. The van der Waals surface area contributed by atoms with Crippen LogP contribution in [0.25, 0.3) is 0 Å². The van der Waals surface area contributed by atoms with E-state index in [-0.39, 0.29) is 12.0 Å². The van der Waals surface area contributed by atoms with Crippen LogP contribution in [0.15, 0.2) is 18.2 Å². The van der Waals surface area contributed by atoms with Gasteiger partial charge in [-0.1, -0.05) is 6.92 Å². The summed E-state index contributed by atoms with van der Waals surface area (Å²) in [4.78, 5) is 14.7. The lowest BCUT2D eigenvalue weighted by atomic mass is 9.98. The first-order chi connectivity index (χ1) is 11.0. The van der Waals surface area contributed by atoms with Crippen molar-refractivity contribution >= 4 is 5.91 Å². The maximum absolute atomic E-state index is 12.7. The lowest BCUT2D eigenvalue weighted by molar-refractivity contribution is 0.0638. The van der Waals surface area contributed by atoms with Crippen LogP contribution in [-0.2, 0) is 11.3 Å². The minimum absolute atomic E-state index is 0.116. The Morgan fingerprint density at radius 1 is 1.30 bits per heavy atom. The average molecular weight is 319 g/mol. The second kappa shape index (κ2) is 8.34. The van der Waals surface area contributed by atoms with Gasteiger partial charge in [0.1, 0.15) is 5.75 Å². The molecule has 0 N–H and O–H groups in total. The number of likely N-dealkylation sites (tertiary alicyclic amines) is 1. The molecule has 0 unspecified atom stereocenters. The highest BCUT2D eigenvalue weighted by molar-refractivity contribution is 5.94. The molecular formula is C19H29NO3. The lowest BCUT2D eigenvalue weighted by Crippen LogP contribution is -2.37. The zero-order chi connectivity index (χ0) is 16.8. The molecule has 4 heteroatoms. The summed E-state index contributed by atoms with van der Waals surface area (Å²) >= 11 is 0. The Balaban J connectivity index is 2.14. The topological polar surface area (TPSA) is 38.8 Å². The molecule has 128 valence electrons. The van der Waals surface area contributed by atoms with Crippen molar-refractivity contribution in [2.45, 2.75) is 53.2 Å². The van der Waals surface area contributed by atoms with Crippen molar-refractivity contribution in [1.29, 1.82) is 0 Å². The van der Waals surface area contributed by atoms with Crippen LogP contribution in [0.1, 0.15) is 56.5 Å². The number of hydrogen-bond donors (Lipinski definition) is 0. The number of piperidine rings is 1. The van der Waals surface area contributed by atoms with Gasteiger partial charge in [0.2, 0.25) is 0 Å². The molecule has 0 radical (unpaired) electrons. The number of amides is 1. The predicted molar refractivity (Wildman–Crippen MR) is 91.8 cm³/mol. The summed E-state index contributed by atoms with van der Waals surface area (Å²) in [5.74, 6) is 1.64. The highest BCUT2D eigenvalue weighted by Crippen LogP contribution is 2.24. The van der Waals surface area contributed by atoms with Gasteiger partial charge in [0.25, 0.3) is 5.91 Å². The minimum Gasteiger partial charge on any atom is -0.494 e. The summed E-state index contributed by atoms with van der Waals surface area (Å²) in [6, 6.07) is 5.68. The Bertz CT molecular complexity index is 519. The number of nitrogens with zero attached hydrogens (tertiary/aromatic N) is 1. The molecule has 1 amide bonds. The first-order valence-electron chi connectivity index (χ1n) is 8.67. The van der Waals surface area contributed by atoms with E-state index in [1.165, 1.54) is 0 Å². The number of hydrogen-bond acceptors (Lipinski definition) is 3. The van der Waals surface area contributed by atoms with E-state index in [9.17, 15) is 4.79 Å². The van der Waals surface area contributed by atoms with Crippen LogP contribution < -0.4 is 4.74 Å². The third-order valence-electron chi connectivity index (χ3n) is 4.25. The Morgan fingerprint density at radius 2 is 2.00 bits per heavy atom. The fraction of sp³-hybridized carbons (Fsp3) is 0.632. The van der Waals surface area contributed by atoms with E-state index in [1.807, 2.05) is 43.9 Å². The second-order valence-corrected chi connectivity index (χ2v) is 6.59. The smallest absolute Gasteiger partial charge is 0.253 e. The van der Waals surface area contributed by atoms with E-state index in [1.54, 1.807) is 0 Å². The molecule has 2 rings (SSSR count). The molecular weight excluding hydrogens is 290 g/mol. The first-order valence-corrected chi connectivity index (χ1v) is 8.67. The fourth-order valence-electron chi connectivity index (χ4n) is 2.77. The summed E-state index contributed by atoms with van der Waals surface area (Å²) < 4.78 is 11.4. The van der Waals surface area contributed by atoms with Crippen molar-refractivity contribution < 1.29 is 14.3 Å². The van der Waals surface area contributed by atoms with Gasteiger partial charge in [-0.15, -0.1) is 0 Å². The van der Waals surface area contributed by atoms with Crippen molar-refractivity contribution in [3.63, 3.8) is 0 Å². The molecule has 1 aliphatic rings. The van der Waals surface area contributed by atoms with Gasteiger partial charge in [0, 0.05) is 24.2 Å². The van der Waals surface area contributed by atoms with E-state index in [2.05, 4.69) is 6.92 Å². The monoisotopic (exact) mass is 319 g/mol. The van der Waals surface area contributed by atoms with Crippen molar-refractivity contribution in [3.8, 4) is 5.75 Å². The Labute approximate surface area is 139 Å². The third kappa shape index (κ3) is 4.96. The molecule has 0 bridgehead atoms. The molecule has 1 heterocycles. The SMILES string of the molecule is CCOc1ccc(C(=O)N2CCC(C)CC2)cc1COC(C)C. The molecule has 0 atom stereocenters. The van der Waals surface area contributed by atoms with Crippen molar-refractivity contribution in [3.05, 3.63) is 29.3 Å². The van der Waals surface area contributed by atoms with Crippen molar-refractivity contribution in [1.82, 2.24) is 4.90 Å². The van der Waals surface area contributed by atoms with Crippen molar-refractivity contribution in [2.75, 3.05) is 19.7 Å². The molecule has 0 spiro atoms. The largest absolute Gasteiger partial charge is 0.494 e. The second-order valence-electron chi connectivity index (χ2n) is 6.59. The lowest BCUT2D eigenvalue weighted by Gasteiger charge is -2.30. The molecule has 0 aromatic heterocycles. The highest BCUT2D eigenvalue weighted by Gasteiger charge is 2.22. The molecule has 0 aliphatic carbocycles. The van der Waals surface area contributed by atoms with Gasteiger partial charge >= 0.3 is 0 Å². The number of ether oxygens (including phenoxy) is 2. The van der Waals surface area contributed by atoms with E-state index in [0.29, 0.717) is 13.2 Å². The maximum atomic E-state index is 12.7.